The molecule has 35 heavy (non-hydrogen) atoms. The van der Waals surface area contributed by atoms with Crippen molar-refractivity contribution in [3.63, 3.8) is 0 Å². The molecule has 0 saturated carbocycles. The van der Waals surface area contributed by atoms with Crippen LogP contribution in [-0.4, -0.2) is 68.5 Å². The lowest BCUT2D eigenvalue weighted by Crippen LogP contribution is -2.58. The van der Waals surface area contributed by atoms with Crippen molar-refractivity contribution < 1.29 is 29.4 Å². The van der Waals surface area contributed by atoms with E-state index in [2.05, 4.69) is 25.9 Å². The van der Waals surface area contributed by atoms with E-state index in [9.17, 15) is 24.3 Å². The monoisotopic (exact) mass is 488 g/mol. The summed E-state index contributed by atoms with van der Waals surface area (Å²) in [6, 6.07) is 3.21. The van der Waals surface area contributed by atoms with Gasteiger partial charge < -0.3 is 36.9 Å². The number of amides is 3. The quantitative estimate of drug-likeness (QED) is 0.194. The third kappa shape index (κ3) is 8.74. The van der Waals surface area contributed by atoms with Crippen molar-refractivity contribution in [1.29, 1.82) is 0 Å². The number of nitrogens with two attached hydrogens (primary N) is 1. The second kappa shape index (κ2) is 13.1. The van der Waals surface area contributed by atoms with Gasteiger partial charge in [-0.2, -0.15) is 0 Å². The van der Waals surface area contributed by atoms with E-state index in [1.54, 1.807) is 19.1 Å². The second-order valence-electron chi connectivity index (χ2n) is 8.30. The highest BCUT2D eigenvalue weighted by Crippen LogP contribution is 2.12. The van der Waals surface area contributed by atoms with Gasteiger partial charge in [-0.05, 0) is 30.0 Å². The molecule has 2 rings (SSSR count). The number of aromatic amines is 1. The van der Waals surface area contributed by atoms with Gasteiger partial charge in [-0.3, -0.25) is 19.2 Å². The molecule has 0 aliphatic carbocycles. The molecule has 190 valence electrons. The predicted molar refractivity (Wildman–Crippen MR) is 126 cm³/mol. The summed E-state index contributed by atoms with van der Waals surface area (Å²) < 4.78 is 0. The van der Waals surface area contributed by atoms with Gasteiger partial charge in [0.2, 0.25) is 17.7 Å². The lowest BCUT2D eigenvalue weighted by molar-refractivity contribution is -0.139. The first kappa shape index (κ1) is 27.3. The van der Waals surface area contributed by atoms with Gasteiger partial charge in [0.25, 0.3) is 0 Å². The van der Waals surface area contributed by atoms with Crippen LogP contribution in [0.15, 0.2) is 36.8 Å². The average Bonchev–Trinajstić information content (AvgIpc) is 3.34. The number of nitrogens with zero attached hydrogens (tertiary/aromatic N) is 1. The van der Waals surface area contributed by atoms with Crippen LogP contribution in [0.5, 0.6) is 5.75 Å². The van der Waals surface area contributed by atoms with Crippen molar-refractivity contribution in [3.05, 3.63) is 48.0 Å². The number of hydrogen-bond acceptors (Lipinski definition) is 7. The van der Waals surface area contributed by atoms with Gasteiger partial charge in [0.05, 0.1) is 12.4 Å². The normalized spacial score (nSPS) is 14.3. The minimum atomic E-state index is -1.21. The number of rotatable bonds is 13. The zero-order chi connectivity index (χ0) is 26.0. The molecule has 1 heterocycles. The molecule has 0 fully saturated rings. The van der Waals surface area contributed by atoms with Gasteiger partial charge in [0.1, 0.15) is 24.4 Å². The van der Waals surface area contributed by atoms with Crippen LogP contribution in [0.3, 0.4) is 0 Å². The fraction of sp³-hybridized carbons (Fsp3) is 0.435. The predicted octanol–water partition coefficient (Wildman–Crippen LogP) is -0.556. The number of hydrogen-bond donors (Lipinski definition) is 7. The van der Waals surface area contributed by atoms with Crippen LogP contribution < -0.4 is 21.7 Å². The number of aliphatic carboxylic acids is 1. The van der Waals surface area contributed by atoms with Gasteiger partial charge in [0, 0.05) is 18.3 Å². The first-order valence-electron chi connectivity index (χ1n) is 11.2. The number of phenolic OH excluding ortho intramolecular Hbond substituents is 1. The van der Waals surface area contributed by atoms with Crippen LogP contribution in [0.1, 0.15) is 31.5 Å². The van der Waals surface area contributed by atoms with Crippen molar-refractivity contribution in [2.24, 2.45) is 11.7 Å². The molecule has 0 saturated heterocycles. The Kier molecular flexibility index (Phi) is 10.2. The highest BCUT2D eigenvalue weighted by Gasteiger charge is 2.31. The summed E-state index contributed by atoms with van der Waals surface area (Å²) in [6.45, 7) is 3.00. The summed E-state index contributed by atoms with van der Waals surface area (Å²) in [4.78, 5) is 56.1. The van der Waals surface area contributed by atoms with E-state index in [1.807, 2.05) is 6.92 Å². The highest BCUT2D eigenvalue weighted by atomic mass is 16.4. The van der Waals surface area contributed by atoms with E-state index in [1.165, 1.54) is 24.7 Å². The molecule has 0 aliphatic heterocycles. The number of benzene rings is 1. The second-order valence-corrected chi connectivity index (χ2v) is 8.30. The van der Waals surface area contributed by atoms with Crippen LogP contribution in [-0.2, 0) is 32.0 Å². The van der Waals surface area contributed by atoms with Crippen LogP contribution in [0.2, 0.25) is 0 Å². The number of nitrogens with one attached hydrogen (secondary N) is 4. The Morgan fingerprint density at radius 1 is 1.06 bits per heavy atom. The minimum Gasteiger partial charge on any atom is -0.508 e. The molecule has 1 aromatic carbocycles. The molecule has 0 aliphatic rings. The Morgan fingerprint density at radius 2 is 1.74 bits per heavy atom. The van der Waals surface area contributed by atoms with Crippen molar-refractivity contribution in [2.75, 3.05) is 6.54 Å². The lowest BCUT2D eigenvalue weighted by Gasteiger charge is -2.26. The number of carboxylic acids is 1. The zero-order valence-electron chi connectivity index (χ0n) is 19.7. The third-order valence-electron chi connectivity index (χ3n) is 5.55. The number of carbonyl (C=O) groups is 4. The Morgan fingerprint density at radius 3 is 2.31 bits per heavy atom. The van der Waals surface area contributed by atoms with Crippen molar-refractivity contribution in [2.45, 2.75) is 51.2 Å². The summed E-state index contributed by atoms with van der Waals surface area (Å²) in [6.07, 6.45) is 3.73. The van der Waals surface area contributed by atoms with Crippen molar-refractivity contribution in [3.8, 4) is 5.75 Å². The van der Waals surface area contributed by atoms with Crippen LogP contribution in [0, 0.1) is 5.92 Å². The molecule has 3 amide bonds. The van der Waals surface area contributed by atoms with E-state index in [0.29, 0.717) is 12.1 Å². The Hall–Kier alpha value is -3.93. The van der Waals surface area contributed by atoms with Crippen LogP contribution in [0.25, 0.3) is 0 Å². The van der Waals surface area contributed by atoms with E-state index < -0.39 is 48.4 Å². The van der Waals surface area contributed by atoms with Crippen LogP contribution >= 0.6 is 0 Å². The summed E-state index contributed by atoms with van der Waals surface area (Å²) >= 11 is 0. The first-order chi connectivity index (χ1) is 16.6. The van der Waals surface area contributed by atoms with Gasteiger partial charge in [-0.15, -0.1) is 0 Å². The number of carbonyl (C=O) groups excluding carboxylic acids is 3. The maximum atomic E-state index is 13.2. The zero-order valence-corrected chi connectivity index (χ0v) is 19.7. The fourth-order valence-corrected chi connectivity index (χ4v) is 3.31. The summed E-state index contributed by atoms with van der Waals surface area (Å²) in [5, 5.41) is 25.8. The largest absolute Gasteiger partial charge is 0.508 e. The van der Waals surface area contributed by atoms with Crippen molar-refractivity contribution in [1.82, 2.24) is 25.9 Å². The lowest BCUT2D eigenvalue weighted by atomic mass is 9.97. The van der Waals surface area contributed by atoms with E-state index in [-0.39, 0.29) is 24.5 Å². The smallest absolute Gasteiger partial charge is 0.322 e. The Bertz CT molecular complexity index is 994. The van der Waals surface area contributed by atoms with E-state index in [0.717, 1.165) is 5.56 Å². The molecule has 0 bridgehead atoms. The van der Waals surface area contributed by atoms with Gasteiger partial charge in [0.15, 0.2) is 0 Å². The Labute approximate surface area is 202 Å². The van der Waals surface area contributed by atoms with E-state index >= 15 is 0 Å². The third-order valence-corrected chi connectivity index (χ3v) is 5.55. The van der Waals surface area contributed by atoms with Gasteiger partial charge >= 0.3 is 5.97 Å². The van der Waals surface area contributed by atoms with Gasteiger partial charge in [-0.25, -0.2) is 4.98 Å². The molecule has 12 heteroatoms. The molecule has 4 unspecified atom stereocenters. The molecular formula is C23H32N6O6. The topological polar surface area (TPSA) is 200 Å². The average molecular weight is 489 g/mol. The standard InChI is InChI=1S/C23H32N6O6/c1-3-13(2)20(23(35)26-11-19(31)32)29-22(34)18(9-15-10-25-12-27-15)28-21(33)17(24)8-14-4-6-16(30)7-5-14/h4-7,10,12-13,17-18,20,30H,3,8-9,11,24H2,1-2H3,(H,25,27)(H,26,35)(H,28,33)(H,29,34)(H,31,32). The molecular weight excluding hydrogens is 456 g/mol. The summed E-state index contributed by atoms with van der Waals surface area (Å²) in [5.41, 5.74) is 7.36. The number of aromatic nitrogens is 2. The first-order valence-corrected chi connectivity index (χ1v) is 11.2. The highest BCUT2D eigenvalue weighted by molar-refractivity contribution is 5.94. The SMILES string of the molecule is CCC(C)C(NC(=O)C(Cc1cnc[nH]1)NC(=O)C(N)Cc1ccc(O)cc1)C(=O)NCC(=O)O. The minimum absolute atomic E-state index is 0.0630. The van der Waals surface area contributed by atoms with Crippen molar-refractivity contribution >= 4 is 23.7 Å². The Balaban J connectivity index is 2.14. The maximum absolute atomic E-state index is 13.2. The molecule has 1 aromatic heterocycles. The number of H-pyrrole nitrogens is 1. The molecule has 12 nitrogen and oxygen atoms in total. The number of aromatic hydroxyl groups is 1. The number of imidazole rings is 1. The fourth-order valence-electron chi connectivity index (χ4n) is 3.31. The summed E-state index contributed by atoms with van der Waals surface area (Å²) in [7, 11) is 0. The molecule has 0 spiro atoms. The molecule has 2 aromatic rings. The maximum Gasteiger partial charge on any atom is 0.322 e. The molecule has 0 radical (unpaired) electrons. The summed E-state index contributed by atoms with van der Waals surface area (Å²) in [5.74, 6) is -3.25. The van der Waals surface area contributed by atoms with E-state index in [4.69, 9.17) is 10.8 Å². The number of carboxylic acid groups (broad SMARTS) is 1. The number of phenols is 1. The molecule has 8 N–H and O–H groups in total. The molecule has 4 atom stereocenters. The van der Waals surface area contributed by atoms with Gasteiger partial charge in [-0.1, -0.05) is 32.4 Å². The van der Waals surface area contributed by atoms with Crippen LogP contribution in [0.4, 0.5) is 0 Å².